The fraction of sp³-hybridized carbons (Fsp3) is 0.481. The van der Waals surface area contributed by atoms with E-state index in [2.05, 4.69) is 44.8 Å². The topological polar surface area (TPSA) is 74.7 Å². The zero-order valence-corrected chi connectivity index (χ0v) is 22.1. The van der Waals surface area contributed by atoms with Crippen LogP contribution in [0.25, 0.3) is 10.9 Å². The molecule has 0 saturated carbocycles. The fourth-order valence-corrected chi connectivity index (χ4v) is 7.09. The van der Waals surface area contributed by atoms with E-state index in [4.69, 9.17) is 4.74 Å². The van der Waals surface area contributed by atoms with Crippen LogP contribution in [-0.2, 0) is 4.79 Å². The molecule has 3 atom stereocenters. The molecule has 8 heteroatoms. The van der Waals surface area contributed by atoms with Crippen LogP contribution in [0.3, 0.4) is 0 Å². The molecule has 1 saturated heterocycles. The average molecular weight is 514 g/mol. The number of carboxylic acids is 1. The van der Waals surface area contributed by atoms with Crippen LogP contribution in [-0.4, -0.2) is 60.5 Å². The molecule has 0 spiro atoms. The van der Waals surface area contributed by atoms with E-state index in [9.17, 15) is 9.90 Å². The van der Waals surface area contributed by atoms with Gasteiger partial charge in [0.1, 0.15) is 5.75 Å². The predicted octanol–water partition coefficient (Wildman–Crippen LogP) is 5.55. The zero-order valence-electron chi connectivity index (χ0n) is 20.5. The maximum Gasteiger partial charge on any atom is 0.303 e. The zero-order chi connectivity index (χ0) is 24.6. The maximum atomic E-state index is 11.7. The molecule has 1 aromatic carbocycles. The summed E-state index contributed by atoms with van der Waals surface area (Å²) < 4.78 is 6.79. The summed E-state index contributed by atoms with van der Waals surface area (Å²) in [5.74, 6) is 1.80. The molecule has 2 aromatic heterocycles. The van der Waals surface area contributed by atoms with Crippen LogP contribution in [0.15, 0.2) is 52.2 Å². The largest absolute Gasteiger partial charge is 0.497 e. The number of nitrogens with one attached hydrogen (secondary N) is 1. The van der Waals surface area contributed by atoms with E-state index in [0.29, 0.717) is 5.92 Å². The number of ether oxygens (including phenoxy) is 1. The highest BCUT2D eigenvalue weighted by atomic mass is 32.2. The lowest BCUT2D eigenvalue weighted by Gasteiger charge is -2.38. The van der Waals surface area contributed by atoms with Crippen LogP contribution >= 0.6 is 23.1 Å². The number of piperidine rings is 1. The molecule has 0 bridgehead atoms. The van der Waals surface area contributed by atoms with Crippen molar-refractivity contribution >= 4 is 40.0 Å². The molecule has 1 fully saturated rings. The van der Waals surface area contributed by atoms with Crippen molar-refractivity contribution in [3.63, 3.8) is 0 Å². The minimum absolute atomic E-state index is 0.179. The Bertz CT molecular complexity index is 1090. The van der Waals surface area contributed by atoms with Gasteiger partial charge in [-0.3, -0.25) is 9.78 Å². The van der Waals surface area contributed by atoms with E-state index in [-0.39, 0.29) is 18.4 Å². The van der Waals surface area contributed by atoms with E-state index >= 15 is 0 Å². The van der Waals surface area contributed by atoms with Gasteiger partial charge in [-0.1, -0.05) is 6.07 Å². The van der Waals surface area contributed by atoms with Crippen molar-refractivity contribution in [3.8, 4) is 5.75 Å². The summed E-state index contributed by atoms with van der Waals surface area (Å²) in [5, 5.41) is 16.3. The molecule has 35 heavy (non-hydrogen) atoms. The minimum Gasteiger partial charge on any atom is -0.497 e. The number of aromatic nitrogens is 1. The van der Waals surface area contributed by atoms with Gasteiger partial charge in [-0.2, -0.15) is 0 Å². The van der Waals surface area contributed by atoms with Gasteiger partial charge in [0.25, 0.3) is 0 Å². The number of fused-ring (bicyclic) bond motifs is 1. The molecule has 3 aromatic rings. The molecule has 0 amide bonds. The van der Waals surface area contributed by atoms with Crippen molar-refractivity contribution in [3.05, 3.63) is 53.5 Å². The second-order valence-corrected chi connectivity index (χ2v) is 11.5. The molecule has 1 aliphatic heterocycles. The van der Waals surface area contributed by atoms with Crippen LogP contribution in [0.5, 0.6) is 5.75 Å². The maximum absolute atomic E-state index is 11.7. The third-order valence-corrected chi connectivity index (χ3v) is 9.20. The van der Waals surface area contributed by atoms with Gasteiger partial charge in [-0.25, -0.2) is 0 Å². The highest BCUT2D eigenvalue weighted by Crippen LogP contribution is 2.35. The molecule has 4 rings (SSSR count). The first-order valence-corrected chi connectivity index (χ1v) is 14.1. The Kier molecular flexibility index (Phi) is 9.43. The summed E-state index contributed by atoms with van der Waals surface area (Å²) in [7, 11) is 3.68. The minimum atomic E-state index is -0.688. The Morgan fingerprint density at radius 3 is 2.97 bits per heavy atom. The number of likely N-dealkylation sites (tertiary alicyclic amines) is 1. The van der Waals surface area contributed by atoms with Gasteiger partial charge in [-0.05, 0) is 86.0 Å². The van der Waals surface area contributed by atoms with E-state index in [1.807, 2.05) is 37.1 Å². The van der Waals surface area contributed by atoms with Crippen LogP contribution in [0, 0.1) is 11.8 Å². The number of carbonyl (C=O) groups is 1. The Balaban J connectivity index is 1.39. The number of carboxylic acid groups (broad SMARTS) is 1. The lowest BCUT2D eigenvalue weighted by Crippen LogP contribution is -2.42. The summed E-state index contributed by atoms with van der Waals surface area (Å²) in [6.07, 6.45) is 5.15. The monoisotopic (exact) mass is 513 g/mol. The third kappa shape index (κ3) is 6.97. The van der Waals surface area contributed by atoms with Crippen LogP contribution < -0.4 is 10.1 Å². The average Bonchev–Trinajstić information content (AvgIpc) is 3.38. The van der Waals surface area contributed by atoms with Gasteiger partial charge in [-0.15, -0.1) is 23.1 Å². The number of hydrogen-bond donors (Lipinski definition) is 2. The van der Waals surface area contributed by atoms with Crippen molar-refractivity contribution in [2.45, 2.75) is 35.9 Å². The summed E-state index contributed by atoms with van der Waals surface area (Å²) in [5.41, 5.74) is 2.18. The molecule has 1 aliphatic rings. The lowest BCUT2D eigenvalue weighted by atomic mass is 9.79. The summed E-state index contributed by atoms with van der Waals surface area (Å²) in [6.45, 7) is 2.93. The van der Waals surface area contributed by atoms with Gasteiger partial charge in [0.05, 0.1) is 16.8 Å². The van der Waals surface area contributed by atoms with E-state index in [1.54, 1.807) is 18.4 Å². The van der Waals surface area contributed by atoms with E-state index in [0.717, 1.165) is 61.3 Å². The van der Waals surface area contributed by atoms with Crippen molar-refractivity contribution in [1.82, 2.24) is 15.2 Å². The van der Waals surface area contributed by atoms with Crippen molar-refractivity contribution in [1.29, 1.82) is 0 Å². The molecule has 3 heterocycles. The lowest BCUT2D eigenvalue weighted by molar-refractivity contribution is -0.139. The standard InChI is InChI=1S/C27H35N3O3S2/c1-28-24(22-9-11-29-25-8-6-21(33-2)17-23(22)25)7-5-19-10-12-30(18-20(19)16-26(31)32)13-15-35-27-4-3-14-34-27/h3-4,6,8-9,11,14,17,19-20,24,28H,5,7,10,12-13,15-16,18H2,1-2H3,(H,31,32)/t19-,20+,24+/m1/s1. The second kappa shape index (κ2) is 12.7. The Morgan fingerprint density at radius 2 is 2.23 bits per heavy atom. The van der Waals surface area contributed by atoms with E-state index < -0.39 is 5.97 Å². The molecule has 0 radical (unpaired) electrons. The number of pyridine rings is 1. The number of methoxy groups -OCH3 is 1. The van der Waals surface area contributed by atoms with Crippen LogP contribution in [0.2, 0.25) is 0 Å². The van der Waals surface area contributed by atoms with E-state index in [1.165, 1.54) is 9.77 Å². The fourth-order valence-electron chi connectivity index (χ4n) is 5.23. The Morgan fingerprint density at radius 1 is 1.34 bits per heavy atom. The molecule has 6 nitrogen and oxygen atoms in total. The highest BCUT2D eigenvalue weighted by Gasteiger charge is 2.31. The second-order valence-electron chi connectivity index (χ2n) is 9.19. The molecule has 2 N–H and O–H groups in total. The van der Waals surface area contributed by atoms with Crippen molar-refractivity contribution in [2.75, 3.05) is 39.5 Å². The number of thiophene rings is 1. The molecule has 0 unspecified atom stereocenters. The van der Waals surface area contributed by atoms with Gasteiger partial charge in [0, 0.05) is 42.9 Å². The van der Waals surface area contributed by atoms with Gasteiger partial charge >= 0.3 is 5.97 Å². The number of benzene rings is 1. The summed E-state index contributed by atoms with van der Waals surface area (Å²) >= 11 is 3.67. The molecule has 188 valence electrons. The predicted molar refractivity (Wildman–Crippen MR) is 145 cm³/mol. The smallest absolute Gasteiger partial charge is 0.303 e. The number of nitrogens with zero attached hydrogens (tertiary/aromatic N) is 2. The van der Waals surface area contributed by atoms with Gasteiger partial charge in [0.2, 0.25) is 0 Å². The van der Waals surface area contributed by atoms with Crippen molar-refractivity contribution in [2.24, 2.45) is 11.8 Å². The normalized spacial score (nSPS) is 19.6. The number of thioether (sulfide) groups is 1. The molecular formula is C27H35N3O3S2. The quantitative estimate of drug-likeness (QED) is 0.308. The van der Waals surface area contributed by atoms with Crippen molar-refractivity contribution < 1.29 is 14.6 Å². The first-order chi connectivity index (χ1) is 17.1. The third-order valence-electron chi connectivity index (χ3n) is 7.09. The summed E-state index contributed by atoms with van der Waals surface area (Å²) in [6, 6.07) is 12.5. The first-order valence-electron chi connectivity index (χ1n) is 12.3. The molecular weight excluding hydrogens is 478 g/mol. The van der Waals surface area contributed by atoms with Gasteiger partial charge in [0.15, 0.2) is 0 Å². The van der Waals surface area contributed by atoms with Gasteiger partial charge < -0.3 is 20.1 Å². The number of rotatable bonds is 12. The number of hydrogen-bond acceptors (Lipinski definition) is 7. The first kappa shape index (κ1) is 25.9. The SMILES string of the molecule is CN[C@@H](CC[C@@H]1CCN(CCSc2cccs2)C[C@@H]1CC(=O)O)c1ccnc2ccc(OC)cc12. The Labute approximate surface area is 216 Å². The summed E-state index contributed by atoms with van der Waals surface area (Å²) in [4.78, 5) is 18.6. The van der Waals surface area contributed by atoms with Crippen LogP contribution in [0.1, 0.15) is 37.3 Å². The highest BCUT2D eigenvalue weighted by molar-refractivity contribution is 8.01. The Hall–Kier alpha value is -2.13. The number of aliphatic carboxylic acids is 1. The van der Waals surface area contributed by atoms with Crippen LogP contribution in [0.4, 0.5) is 0 Å². The molecule has 0 aliphatic carbocycles.